The van der Waals surface area contributed by atoms with E-state index in [0.717, 1.165) is 31.9 Å². The first-order valence-corrected chi connectivity index (χ1v) is 8.36. The number of hydrogen-bond acceptors (Lipinski definition) is 5. The van der Waals surface area contributed by atoms with Gasteiger partial charge in [-0.25, -0.2) is 4.98 Å². The molecule has 2 aromatic rings. The van der Waals surface area contributed by atoms with Crippen LogP contribution in [-0.2, 0) is 19.6 Å². The maximum Gasteiger partial charge on any atom is 0.137 e. The molecule has 7 heteroatoms. The normalized spacial score (nSPS) is 19.3. The van der Waals surface area contributed by atoms with E-state index in [1.165, 1.54) is 24.1 Å². The number of piperidine rings is 1. The van der Waals surface area contributed by atoms with Crippen molar-refractivity contribution in [3.8, 4) is 0 Å². The van der Waals surface area contributed by atoms with E-state index < -0.39 is 0 Å². The summed E-state index contributed by atoms with van der Waals surface area (Å²) in [4.78, 5) is 6.54. The van der Waals surface area contributed by atoms with Crippen molar-refractivity contribution in [1.82, 2.24) is 29.4 Å². The zero-order valence-electron chi connectivity index (χ0n) is 14.0. The molecule has 3 rings (SSSR count). The van der Waals surface area contributed by atoms with E-state index >= 15 is 0 Å². The minimum Gasteiger partial charge on any atom is -0.394 e. The molecule has 23 heavy (non-hydrogen) atoms. The van der Waals surface area contributed by atoms with Gasteiger partial charge in [0.05, 0.1) is 18.8 Å². The number of hydrogen-bond donors (Lipinski definition) is 1. The lowest BCUT2D eigenvalue weighted by Crippen LogP contribution is -2.36. The molecule has 0 aliphatic carbocycles. The molecule has 1 unspecified atom stereocenters. The summed E-state index contributed by atoms with van der Waals surface area (Å²) < 4.78 is 3.85. The number of aliphatic hydroxyl groups is 1. The summed E-state index contributed by atoms with van der Waals surface area (Å²) in [6, 6.07) is 0. The first-order valence-electron chi connectivity index (χ1n) is 8.36. The Hall–Kier alpha value is -1.73. The van der Waals surface area contributed by atoms with E-state index in [1.807, 2.05) is 9.36 Å². The van der Waals surface area contributed by atoms with Crippen molar-refractivity contribution < 1.29 is 5.11 Å². The summed E-state index contributed by atoms with van der Waals surface area (Å²) in [5.41, 5.74) is 3.56. The molecule has 0 bridgehead atoms. The van der Waals surface area contributed by atoms with Crippen LogP contribution in [0, 0.1) is 19.8 Å². The monoisotopic (exact) mass is 318 g/mol. The fourth-order valence-corrected chi connectivity index (χ4v) is 3.53. The highest BCUT2D eigenvalue weighted by Gasteiger charge is 2.22. The molecular formula is C16H26N6O. The van der Waals surface area contributed by atoms with Crippen LogP contribution in [0.15, 0.2) is 12.7 Å². The van der Waals surface area contributed by atoms with Gasteiger partial charge < -0.3 is 5.11 Å². The smallest absolute Gasteiger partial charge is 0.137 e. The average Bonchev–Trinajstić information content (AvgIpc) is 3.12. The standard InChI is InChI=1S/C16H26N6O/c1-13-16(14(2)22(19-13)6-7-23)10-20-5-3-4-15(8-20)9-21-12-17-11-18-21/h11-12,15,23H,3-10H2,1-2H3. The van der Waals surface area contributed by atoms with Gasteiger partial charge in [0, 0.05) is 30.9 Å². The first kappa shape index (κ1) is 16.1. The van der Waals surface area contributed by atoms with Crippen molar-refractivity contribution in [2.24, 2.45) is 5.92 Å². The summed E-state index contributed by atoms with van der Waals surface area (Å²) >= 11 is 0. The topological polar surface area (TPSA) is 72.0 Å². The fraction of sp³-hybridized carbons (Fsp3) is 0.688. The molecule has 7 nitrogen and oxygen atoms in total. The van der Waals surface area contributed by atoms with Crippen molar-refractivity contribution >= 4 is 0 Å². The van der Waals surface area contributed by atoms with Crippen molar-refractivity contribution in [3.63, 3.8) is 0 Å². The van der Waals surface area contributed by atoms with Crippen LogP contribution >= 0.6 is 0 Å². The van der Waals surface area contributed by atoms with Gasteiger partial charge in [0.1, 0.15) is 12.7 Å². The van der Waals surface area contributed by atoms with Crippen LogP contribution in [-0.4, -0.2) is 54.2 Å². The third-order valence-electron chi connectivity index (χ3n) is 4.74. The Morgan fingerprint density at radius 3 is 2.96 bits per heavy atom. The van der Waals surface area contributed by atoms with Gasteiger partial charge in [-0.3, -0.25) is 14.3 Å². The molecule has 2 aromatic heterocycles. The largest absolute Gasteiger partial charge is 0.394 e. The van der Waals surface area contributed by atoms with Gasteiger partial charge in [-0.2, -0.15) is 10.2 Å². The molecule has 1 saturated heterocycles. The molecule has 1 fully saturated rings. The molecule has 0 aromatic carbocycles. The Labute approximate surface area is 136 Å². The maximum atomic E-state index is 9.14. The Kier molecular flexibility index (Phi) is 5.07. The molecule has 3 heterocycles. The number of aliphatic hydroxyl groups excluding tert-OH is 1. The molecular weight excluding hydrogens is 292 g/mol. The number of likely N-dealkylation sites (tertiary alicyclic amines) is 1. The quantitative estimate of drug-likeness (QED) is 0.860. The highest BCUT2D eigenvalue weighted by atomic mass is 16.3. The molecule has 0 amide bonds. The van der Waals surface area contributed by atoms with E-state index in [1.54, 1.807) is 12.7 Å². The summed E-state index contributed by atoms with van der Waals surface area (Å²) in [5, 5.41) is 17.9. The van der Waals surface area contributed by atoms with Gasteiger partial charge in [-0.1, -0.05) is 0 Å². The lowest BCUT2D eigenvalue weighted by atomic mass is 9.97. The van der Waals surface area contributed by atoms with Gasteiger partial charge in [0.15, 0.2) is 0 Å². The van der Waals surface area contributed by atoms with Crippen molar-refractivity contribution in [2.75, 3.05) is 19.7 Å². The first-order chi connectivity index (χ1) is 11.2. The maximum absolute atomic E-state index is 9.14. The minimum atomic E-state index is 0.130. The van der Waals surface area contributed by atoms with Gasteiger partial charge >= 0.3 is 0 Å². The van der Waals surface area contributed by atoms with Crippen LogP contribution in [0.25, 0.3) is 0 Å². The fourth-order valence-electron chi connectivity index (χ4n) is 3.53. The zero-order chi connectivity index (χ0) is 16.2. The van der Waals surface area contributed by atoms with Crippen LogP contribution in [0.4, 0.5) is 0 Å². The van der Waals surface area contributed by atoms with Crippen LogP contribution in [0.5, 0.6) is 0 Å². The van der Waals surface area contributed by atoms with Gasteiger partial charge in [0.2, 0.25) is 0 Å². The Morgan fingerprint density at radius 1 is 1.35 bits per heavy atom. The summed E-state index contributed by atoms with van der Waals surface area (Å²) in [5.74, 6) is 0.624. The molecule has 0 radical (unpaired) electrons. The summed E-state index contributed by atoms with van der Waals surface area (Å²) in [7, 11) is 0. The molecule has 1 atom stereocenters. The Morgan fingerprint density at radius 2 is 2.22 bits per heavy atom. The zero-order valence-corrected chi connectivity index (χ0v) is 14.0. The van der Waals surface area contributed by atoms with Crippen LogP contribution < -0.4 is 0 Å². The van der Waals surface area contributed by atoms with Crippen LogP contribution in [0.1, 0.15) is 29.8 Å². The minimum absolute atomic E-state index is 0.130. The SMILES string of the molecule is Cc1nn(CCO)c(C)c1CN1CCCC(Cn2cncn2)C1. The van der Waals surface area contributed by atoms with Crippen LogP contribution in [0.2, 0.25) is 0 Å². The number of aromatic nitrogens is 5. The Balaban J connectivity index is 1.63. The number of aryl methyl sites for hydroxylation is 1. The number of rotatable bonds is 6. The van der Waals surface area contributed by atoms with E-state index in [9.17, 15) is 0 Å². The number of nitrogens with zero attached hydrogens (tertiary/aromatic N) is 6. The predicted molar refractivity (Wildman–Crippen MR) is 86.8 cm³/mol. The third kappa shape index (κ3) is 3.79. The van der Waals surface area contributed by atoms with Gasteiger partial charge in [-0.15, -0.1) is 0 Å². The van der Waals surface area contributed by atoms with E-state index in [-0.39, 0.29) is 6.61 Å². The third-order valence-corrected chi connectivity index (χ3v) is 4.74. The second-order valence-electron chi connectivity index (χ2n) is 6.46. The van der Waals surface area contributed by atoms with Crippen molar-refractivity contribution in [3.05, 3.63) is 29.6 Å². The molecule has 1 aliphatic rings. The molecule has 0 spiro atoms. The molecule has 1 N–H and O–H groups in total. The predicted octanol–water partition coefficient (Wildman–Crippen LogP) is 0.996. The summed E-state index contributed by atoms with van der Waals surface area (Å²) in [6.07, 6.45) is 5.87. The van der Waals surface area contributed by atoms with E-state index in [2.05, 4.69) is 33.9 Å². The van der Waals surface area contributed by atoms with E-state index in [0.29, 0.717) is 12.5 Å². The van der Waals surface area contributed by atoms with Crippen LogP contribution in [0.3, 0.4) is 0 Å². The lowest BCUT2D eigenvalue weighted by molar-refractivity contribution is 0.152. The lowest BCUT2D eigenvalue weighted by Gasteiger charge is -2.32. The van der Waals surface area contributed by atoms with Gasteiger partial charge in [-0.05, 0) is 39.2 Å². The second kappa shape index (κ2) is 7.23. The highest BCUT2D eigenvalue weighted by Crippen LogP contribution is 2.22. The highest BCUT2D eigenvalue weighted by molar-refractivity contribution is 5.24. The molecule has 126 valence electrons. The van der Waals surface area contributed by atoms with Crippen molar-refractivity contribution in [2.45, 2.75) is 46.3 Å². The van der Waals surface area contributed by atoms with Crippen molar-refractivity contribution in [1.29, 1.82) is 0 Å². The second-order valence-corrected chi connectivity index (χ2v) is 6.46. The van der Waals surface area contributed by atoms with Gasteiger partial charge in [0.25, 0.3) is 0 Å². The Bertz CT molecular complexity index is 621. The molecule has 0 saturated carbocycles. The average molecular weight is 318 g/mol. The molecule has 1 aliphatic heterocycles. The van der Waals surface area contributed by atoms with E-state index in [4.69, 9.17) is 5.11 Å². The summed E-state index contributed by atoms with van der Waals surface area (Å²) in [6.45, 7) is 8.97.